The van der Waals surface area contributed by atoms with Gasteiger partial charge in [0, 0.05) is 31.7 Å². The zero-order chi connectivity index (χ0) is 23.3. The summed E-state index contributed by atoms with van der Waals surface area (Å²) in [6.07, 6.45) is 5.21. The van der Waals surface area contributed by atoms with E-state index in [-0.39, 0.29) is 46.9 Å². The Morgan fingerprint density at radius 2 is 2.06 bits per heavy atom. The van der Waals surface area contributed by atoms with Gasteiger partial charge in [-0.3, -0.25) is 14.6 Å². The molecule has 1 aromatic heterocycles. The van der Waals surface area contributed by atoms with Crippen LogP contribution in [0.1, 0.15) is 58.6 Å². The number of carbonyl (C=O) groups is 2. The van der Waals surface area contributed by atoms with E-state index in [0.29, 0.717) is 19.6 Å². The quantitative estimate of drug-likeness (QED) is 0.571. The summed E-state index contributed by atoms with van der Waals surface area (Å²) in [5.41, 5.74) is 0.852. The Labute approximate surface area is 191 Å². The Hall–Kier alpha value is -1.99. The molecule has 0 saturated heterocycles. The van der Waals surface area contributed by atoms with Gasteiger partial charge in [0.05, 0.1) is 24.9 Å². The van der Waals surface area contributed by atoms with Crippen molar-refractivity contribution in [2.75, 3.05) is 13.7 Å². The van der Waals surface area contributed by atoms with Crippen LogP contribution in [-0.4, -0.2) is 47.8 Å². The van der Waals surface area contributed by atoms with Crippen LogP contribution in [0.4, 0.5) is 0 Å². The second-order valence-electron chi connectivity index (χ2n) is 10.0. The minimum absolute atomic E-state index is 0.00332. The number of amides is 2. The highest BCUT2D eigenvalue weighted by molar-refractivity contribution is 5.78. The fourth-order valence-electron chi connectivity index (χ4n) is 6.01. The molecule has 2 aliphatic rings. The molecular formula is C25H39N3O4. The van der Waals surface area contributed by atoms with Crippen molar-refractivity contribution >= 4 is 11.8 Å². The monoisotopic (exact) mass is 445 g/mol. The van der Waals surface area contributed by atoms with Crippen LogP contribution in [0.3, 0.4) is 0 Å². The predicted octanol–water partition coefficient (Wildman–Crippen LogP) is 2.68. The van der Waals surface area contributed by atoms with Crippen LogP contribution < -0.4 is 10.6 Å². The zero-order valence-electron chi connectivity index (χ0n) is 19.8. The van der Waals surface area contributed by atoms with E-state index in [4.69, 9.17) is 4.74 Å². The molecule has 0 radical (unpaired) electrons. The van der Waals surface area contributed by atoms with Gasteiger partial charge in [-0.1, -0.05) is 26.8 Å². The number of nitrogens with one attached hydrogen (secondary N) is 2. The lowest BCUT2D eigenvalue weighted by molar-refractivity contribution is -0.144. The maximum atomic E-state index is 12.9. The van der Waals surface area contributed by atoms with Crippen molar-refractivity contribution in [3.8, 4) is 0 Å². The number of aliphatic hydroxyl groups is 1. The lowest BCUT2D eigenvalue weighted by Gasteiger charge is -2.56. The minimum Gasteiger partial charge on any atom is -0.392 e. The van der Waals surface area contributed by atoms with Crippen LogP contribution in [0.2, 0.25) is 0 Å². The Kier molecular flexibility index (Phi) is 8.28. The number of ether oxygens (including phenoxy) is 1. The first kappa shape index (κ1) is 24.6. The van der Waals surface area contributed by atoms with Crippen molar-refractivity contribution < 1.29 is 19.4 Å². The van der Waals surface area contributed by atoms with Gasteiger partial charge >= 0.3 is 0 Å². The number of fused-ring (bicyclic) bond motifs is 1. The third kappa shape index (κ3) is 5.49. The second-order valence-corrected chi connectivity index (χ2v) is 10.0. The summed E-state index contributed by atoms with van der Waals surface area (Å²) in [6, 6.07) is 5.68. The molecule has 2 saturated carbocycles. The van der Waals surface area contributed by atoms with Gasteiger partial charge in [0.15, 0.2) is 0 Å². The van der Waals surface area contributed by atoms with E-state index < -0.39 is 6.10 Å². The first-order valence-electron chi connectivity index (χ1n) is 11.9. The van der Waals surface area contributed by atoms with E-state index in [1.54, 1.807) is 13.3 Å². The fourth-order valence-corrected chi connectivity index (χ4v) is 6.01. The van der Waals surface area contributed by atoms with E-state index >= 15 is 0 Å². The van der Waals surface area contributed by atoms with Gasteiger partial charge in [-0.05, 0) is 61.0 Å². The van der Waals surface area contributed by atoms with Crippen LogP contribution in [0.5, 0.6) is 0 Å². The van der Waals surface area contributed by atoms with Crippen LogP contribution in [0, 0.1) is 29.1 Å². The van der Waals surface area contributed by atoms with Crippen LogP contribution in [-0.2, 0) is 20.9 Å². The summed E-state index contributed by atoms with van der Waals surface area (Å²) >= 11 is 0. The lowest BCUT2D eigenvalue weighted by atomic mass is 9.51. The van der Waals surface area contributed by atoms with Gasteiger partial charge in [-0.2, -0.15) is 0 Å². The molecule has 0 bridgehead atoms. The number of hydrogen-bond donors (Lipinski definition) is 3. The average molecular weight is 446 g/mol. The van der Waals surface area contributed by atoms with Gasteiger partial charge in [-0.25, -0.2) is 0 Å². The van der Waals surface area contributed by atoms with Crippen LogP contribution in [0.15, 0.2) is 24.4 Å². The molecule has 7 nitrogen and oxygen atoms in total. The van der Waals surface area contributed by atoms with Gasteiger partial charge in [-0.15, -0.1) is 0 Å². The maximum absolute atomic E-state index is 12.9. The first-order valence-corrected chi connectivity index (χ1v) is 11.9. The molecule has 1 aromatic rings. The molecule has 0 aliphatic heterocycles. The largest absolute Gasteiger partial charge is 0.392 e. The van der Waals surface area contributed by atoms with Crippen molar-refractivity contribution in [3.63, 3.8) is 0 Å². The normalized spacial score (nSPS) is 33.1. The molecule has 0 aromatic carbocycles. The molecule has 0 spiro atoms. The predicted molar refractivity (Wildman–Crippen MR) is 122 cm³/mol. The third-order valence-corrected chi connectivity index (χ3v) is 7.99. The molecule has 3 rings (SSSR count). The summed E-state index contributed by atoms with van der Waals surface area (Å²) in [7, 11) is 1.59. The molecule has 2 fully saturated rings. The zero-order valence-corrected chi connectivity index (χ0v) is 19.8. The van der Waals surface area contributed by atoms with Gasteiger partial charge < -0.3 is 20.5 Å². The first-order chi connectivity index (χ1) is 15.3. The summed E-state index contributed by atoms with van der Waals surface area (Å²) in [4.78, 5) is 29.4. The second kappa shape index (κ2) is 10.8. The number of aromatic nitrogens is 1. The van der Waals surface area contributed by atoms with Gasteiger partial charge in [0.1, 0.15) is 0 Å². The van der Waals surface area contributed by atoms with Crippen LogP contribution >= 0.6 is 0 Å². The summed E-state index contributed by atoms with van der Waals surface area (Å²) in [5.74, 6) is -0.243. The SMILES string of the molecule is COCCC(=O)N[C@H]1CC[C@]2(C)CC[C@H]([C@H](C)C(=O)NCc3ccccn3)[C@H](O)[C@H]2[C@@H]1C. The molecule has 2 amide bonds. The highest BCUT2D eigenvalue weighted by atomic mass is 16.5. The lowest BCUT2D eigenvalue weighted by Crippen LogP contribution is -2.58. The Morgan fingerprint density at radius 3 is 2.75 bits per heavy atom. The number of nitrogens with zero attached hydrogens (tertiary/aromatic N) is 1. The van der Waals surface area contributed by atoms with E-state index in [1.165, 1.54) is 0 Å². The number of pyridine rings is 1. The number of hydrogen-bond acceptors (Lipinski definition) is 5. The van der Waals surface area contributed by atoms with Crippen molar-refractivity contribution in [2.45, 2.75) is 71.6 Å². The standard InChI is InChI=1S/C25H39N3O4/c1-16(24(31)27-15-18-7-5-6-13-26-18)19-8-11-25(3)12-9-20(17(2)22(25)23(19)30)28-21(29)10-14-32-4/h5-7,13,16-17,19-20,22-23,30H,8-12,14-15H2,1-4H3,(H,27,31)(H,28,29)/t16-,17+,19+,20-,22+,23-,25-/m0/s1. The maximum Gasteiger partial charge on any atom is 0.223 e. The average Bonchev–Trinajstić information content (AvgIpc) is 2.78. The van der Waals surface area contributed by atoms with E-state index in [1.807, 2.05) is 25.1 Å². The van der Waals surface area contributed by atoms with Crippen molar-refractivity contribution in [1.29, 1.82) is 0 Å². The Morgan fingerprint density at radius 1 is 1.31 bits per heavy atom. The smallest absolute Gasteiger partial charge is 0.223 e. The summed E-state index contributed by atoms with van der Waals surface area (Å²) in [6.45, 7) is 7.12. The molecule has 2 aliphatic carbocycles. The van der Waals surface area contributed by atoms with Crippen molar-refractivity contribution in [3.05, 3.63) is 30.1 Å². The molecule has 1 heterocycles. The Bertz CT molecular complexity index is 774. The number of carbonyl (C=O) groups excluding carboxylic acids is 2. The highest BCUT2D eigenvalue weighted by Crippen LogP contribution is 2.55. The molecule has 32 heavy (non-hydrogen) atoms. The molecular weight excluding hydrogens is 406 g/mol. The molecule has 7 atom stereocenters. The molecule has 178 valence electrons. The number of methoxy groups -OCH3 is 1. The van der Waals surface area contributed by atoms with E-state index in [0.717, 1.165) is 31.4 Å². The minimum atomic E-state index is -0.571. The van der Waals surface area contributed by atoms with E-state index in [2.05, 4.69) is 29.5 Å². The fraction of sp³-hybridized carbons (Fsp3) is 0.720. The highest BCUT2D eigenvalue weighted by Gasteiger charge is 2.53. The topological polar surface area (TPSA) is 101 Å². The Balaban J connectivity index is 1.64. The summed E-state index contributed by atoms with van der Waals surface area (Å²) in [5, 5.41) is 17.6. The third-order valence-electron chi connectivity index (χ3n) is 7.99. The molecule has 0 unspecified atom stereocenters. The van der Waals surface area contributed by atoms with Crippen LogP contribution in [0.25, 0.3) is 0 Å². The van der Waals surface area contributed by atoms with Gasteiger partial charge in [0.2, 0.25) is 11.8 Å². The summed E-state index contributed by atoms with van der Waals surface area (Å²) < 4.78 is 5.02. The van der Waals surface area contributed by atoms with E-state index in [9.17, 15) is 14.7 Å². The van der Waals surface area contributed by atoms with Gasteiger partial charge in [0.25, 0.3) is 0 Å². The number of aliphatic hydroxyl groups excluding tert-OH is 1. The molecule has 3 N–H and O–H groups in total. The van der Waals surface area contributed by atoms with Crippen molar-refractivity contribution in [2.24, 2.45) is 29.1 Å². The van der Waals surface area contributed by atoms with Crippen molar-refractivity contribution in [1.82, 2.24) is 15.6 Å². The molecule has 7 heteroatoms. The number of rotatable bonds is 8.